The molecule has 1 aliphatic carbocycles. The lowest BCUT2D eigenvalue weighted by Gasteiger charge is -2.06. The van der Waals surface area contributed by atoms with Gasteiger partial charge in [0.05, 0.1) is 0 Å². The van der Waals surface area contributed by atoms with Crippen molar-refractivity contribution in [1.29, 1.82) is 0 Å². The third kappa shape index (κ3) is 1.41. The Hall–Kier alpha value is -0.170. The molecule has 0 fully saturated rings. The van der Waals surface area contributed by atoms with Crippen LogP contribution in [0.1, 0.15) is 13.3 Å². The molecular formula is C7H10S. The van der Waals surface area contributed by atoms with Gasteiger partial charge in [-0.05, 0) is 17.2 Å². The summed E-state index contributed by atoms with van der Waals surface area (Å²) in [4.78, 5) is 1.10. The number of hydrogen-bond donors (Lipinski definition) is 1. The molecular weight excluding hydrogens is 116 g/mol. The summed E-state index contributed by atoms with van der Waals surface area (Å²) in [6, 6.07) is 0. The minimum Gasteiger partial charge on any atom is -0.144 e. The van der Waals surface area contributed by atoms with E-state index in [9.17, 15) is 0 Å². The Bertz CT molecular complexity index is 133. The van der Waals surface area contributed by atoms with Crippen LogP contribution in [0.5, 0.6) is 0 Å². The SMILES string of the molecule is CC1C=CC(S)=CC1. The molecule has 0 saturated carbocycles. The fraction of sp³-hybridized carbons (Fsp3) is 0.429. The predicted molar refractivity (Wildman–Crippen MR) is 40.0 cm³/mol. The predicted octanol–water partition coefficient (Wildman–Crippen LogP) is 2.40. The van der Waals surface area contributed by atoms with Gasteiger partial charge in [-0.15, -0.1) is 12.6 Å². The summed E-state index contributed by atoms with van der Waals surface area (Å²) in [5.74, 6) is 0.714. The molecule has 0 N–H and O–H groups in total. The van der Waals surface area contributed by atoms with Gasteiger partial charge in [-0.25, -0.2) is 0 Å². The molecule has 1 unspecified atom stereocenters. The van der Waals surface area contributed by atoms with Crippen LogP contribution >= 0.6 is 12.6 Å². The summed E-state index contributed by atoms with van der Waals surface area (Å²) in [5, 5.41) is 0. The number of hydrogen-bond acceptors (Lipinski definition) is 1. The Labute approximate surface area is 55.7 Å². The first-order valence-electron chi connectivity index (χ1n) is 2.86. The van der Waals surface area contributed by atoms with Crippen molar-refractivity contribution in [3.05, 3.63) is 23.1 Å². The zero-order chi connectivity index (χ0) is 5.98. The first kappa shape index (κ1) is 5.96. The minimum atomic E-state index is 0.714. The van der Waals surface area contributed by atoms with Crippen LogP contribution in [0.15, 0.2) is 23.1 Å². The van der Waals surface area contributed by atoms with Gasteiger partial charge in [-0.1, -0.05) is 25.2 Å². The standard InChI is InChI=1S/C7H10S/c1-6-2-4-7(8)5-3-6/h2,4-6,8H,3H2,1H3. The molecule has 1 atom stereocenters. The zero-order valence-corrected chi connectivity index (χ0v) is 5.86. The Morgan fingerprint density at radius 2 is 2.50 bits per heavy atom. The average molecular weight is 126 g/mol. The quantitative estimate of drug-likeness (QED) is 0.473. The summed E-state index contributed by atoms with van der Waals surface area (Å²) in [6.45, 7) is 2.20. The van der Waals surface area contributed by atoms with Gasteiger partial charge in [-0.3, -0.25) is 0 Å². The van der Waals surface area contributed by atoms with Gasteiger partial charge in [0.2, 0.25) is 0 Å². The molecule has 8 heavy (non-hydrogen) atoms. The van der Waals surface area contributed by atoms with E-state index < -0.39 is 0 Å². The topological polar surface area (TPSA) is 0 Å². The summed E-state index contributed by atoms with van der Waals surface area (Å²) >= 11 is 4.18. The van der Waals surface area contributed by atoms with Crippen molar-refractivity contribution in [3.63, 3.8) is 0 Å². The molecule has 0 aliphatic heterocycles. The molecule has 0 heterocycles. The maximum atomic E-state index is 4.18. The minimum absolute atomic E-state index is 0.714. The van der Waals surface area contributed by atoms with Gasteiger partial charge in [0.1, 0.15) is 0 Å². The molecule has 44 valence electrons. The third-order valence-electron chi connectivity index (χ3n) is 1.29. The third-order valence-corrected chi connectivity index (χ3v) is 1.63. The molecule has 0 aromatic rings. The largest absolute Gasteiger partial charge is 0.144 e. The normalized spacial score (nSPS) is 27.8. The molecule has 0 aromatic carbocycles. The average Bonchev–Trinajstić information content (AvgIpc) is 1.77. The fourth-order valence-electron chi connectivity index (χ4n) is 0.716. The van der Waals surface area contributed by atoms with E-state index in [1.807, 2.05) is 0 Å². The molecule has 0 saturated heterocycles. The van der Waals surface area contributed by atoms with Crippen molar-refractivity contribution in [2.45, 2.75) is 13.3 Å². The van der Waals surface area contributed by atoms with Crippen molar-refractivity contribution >= 4 is 12.6 Å². The van der Waals surface area contributed by atoms with E-state index in [4.69, 9.17) is 0 Å². The highest BCUT2D eigenvalue weighted by atomic mass is 32.1. The summed E-state index contributed by atoms with van der Waals surface area (Å²) in [7, 11) is 0. The first-order valence-corrected chi connectivity index (χ1v) is 3.31. The molecule has 1 heteroatoms. The fourth-order valence-corrected chi connectivity index (χ4v) is 0.908. The van der Waals surface area contributed by atoms with Gasteiger partial charge in [0.25, 0.3) is 0 Å². The van der Waals surface area contributed by atoms with Crippen molar-refractivity contribution < 1.29 is 0 Å². The molecule has 0 spiro atoms. The molecule has 0 radical (unpaired) electrons. The highest BCUT2D eigenvalue weighted by Crippen LogP contribution is 2.16. The first-order chi connectivity index (χ1) is 3.79. The van der Waals surface area contributed by atoms with Gasteiger partial charge in [0, 0.05) is 0 Å². The molecule has 0 bridgehead atoms. The van der Waals surface area contributed by atoms with Crippen LogP contribution in [-0.4, -0.2) is 0 Å². The molecule has 0 aromatic heterocycles. The smallest absolute Gasteiger partial charge is 0.000285 e. The van der Waals surface area contributed by atoms with Crippen LogP contribution in [0.4, 0.5) is 0 Å². The Kier molecular flexibility index (Phi) is 1.79. The zero-order valence-electron chi connectivity index (χ0n) is 4.96. The summed E-state index contributed by atoms with van der Waals surface area (Å²) in [6.07, 6.45) is 7.53. The van der Waals surface area contributed by atoms with Gasteiger partial charge < -0.3 is 0 Å². The molecule has 0 nitrogen and oxygen atoms in total. The Morgan fingerprint density at radius 1 is 1.75 bits per heavy atom. The molecule has 1 rings (SSSR count). The van der Waals surface area contributed by atoms with E-state index in [0.29, 0.717) is 5.92 Å². The van der Waals surface area contributed by atoms with Crippen LogP contribution < -0.4 is 0 Å². The maximum Gasteiger partial charge on any atom is -0.000285 e. The van der Waals surface area contributed by atoms with E-state index in [0.717, 1.165) is 11.3 Å². The summed E-state index contributed by atoms with van der Waals surface area (Å²) in [5.41, 5.74) is 0. The Balaban J connectivity index is 2.58. The number of thiol groups is 1. The van der Waals surface area contributed by atoms with E-state index in [1.54, 1.807) is 0 Å². The van der Waals surface area contributed by atoms with Gasteiger partial charge in [0.15, 0.2) is 0 Å². The van der Waals surface area contributed by atoms with E-state index in [1.165, 1.54) is 0 Å². The second-order valence-electron chi connectivity index (χ2n) is 2.20. The second kappa shape index (κ2) is 2.40. The summed E-state index contributed by atoms with van der Waals surface area (Å²) < 4.78 is 0. The lowest BCUT2D eigenvalue weighted by molar-refractivity contribution is 0.735. The highest BCUT2D eigenvalue weighted by molar-refractivity contribution is 7.84. The van der Waals surface area contributed by atoms with E-state index in [-0.39, 0.29) is 0 Å². The Morgan fingerprint density at radius 3 is 2.88 bits per heavy atom. The van der Waals surface area contributed by atoms with Gasteiger partial charge >= 0.3 is 0 Å². The van der Waals surface area contributed by atoms with Crippen LogP contribution in [0, 0.1) is 5.92 Å². The second-order valence-corrected chi connectivity index (χ2v) is 2.72. The van der Waals surface area contributed by atoms with Crippen molar-refractivity contribution in [2.24, 2.45) is 5.92 Å². The maximum absolute atomic E-state index is 4.18. The van der Waals surface area contributed by atoms with Crippen molar-refractivity contribution in [2.75, 3.05) is 0 Å². The van der Waals surface area contributed by atoms with Crippen LogP contribution in [0.25, 0.3) is 0 Å². The van der Waals surface area contributed by atoms with E-state index in [2.05, 4.69) is 37.8 Å². The van der Waals surface area contributed by atoms with Crippen molar-refractivity contribution in [3.8, 4) is 0 Å². The van der Waals surface area contributed by atoms with Gasteiger partial charge in [-0.2, -0.15) is 0 Å². The van der Waals surface area contributed by atoms with Crippen LogP contribution in [0.2, 0.25) is 0 Å². The van der Waals surface area contributed by atoms with Crippen molar-refractivity contribution in [1.82, 2.24) is 0 Å². The lowest BCUT2D eigenvalue weighted by Crippen LogP contribution is -1.90. The molecule has 1 aliphatic rings. The van der Waals surface area contributed by atoms with Crippen LogP contribution in [0.3, 0.4) is 0 Å². The van der Waals surface area contributed by atoms with E-state index >= 15 is 0 Å². The number of allylic oxidation sites excluding steroid dienone is 3. The molecule has 0 amide bonds. The number of rotatable bonds is 0. The monoisotopic (exact) mass is 126 g/mol. The van der Waals surface area contributed by atoms with Crippen LogP contribution in [-0.2, 0) is 0 Å². The highest BCUT2D eigenvalue weighted by Gasteiger charge is 1.98. The lowest BCUT2D eigenvalue weighted by atomic mass is 10.0.